The second-order valence-electron chi connectivity index (χ2n) is 4.07. The highest BCUT2D eigenvalue weighted by atomic mass is 32.2. The Balaban J connectivity index is 2.37. The fourth-order valence-corrected chi connectivity index (χ4v) is 2.49. The molecule has 0 unspecified atom stereocenters. The molecule has 1 aromatic carbocycles. The molecule has 0 fully saturated rings. The molecule has 3 rings (SSSR count). The summed E-state index contributed by atoms with van der Waals surface area (Å²) < 4.78 is 33.1. The lowest BCUT2D eigenvalue weighted by Crippen LogP contribution is -2.19. The van der Waals surface area contributed by atoms with Gasteiger partial charge >= 0.3 is 0 Å². The molecule has 1 N–H and O–H groups in total. The molecule has 18 heavy (non-hydrogen) atoms. The quantitative estimate of drug-likeness (QED) is 0.412. The Hall–Kier alpha value is -1.98. The van der Waals surface area contributed by atoms with E-state index in [4.69, 9.17) is 4.55 Å². The van der Waals surface area contributed by atoms with Crippen molar-refractivity contribution in [2.24, 2.45) is 0 Å². The van der Waals surface area contributed by atoms with Crippen molar-refractivity contribution >= 4 is 26.4 Å². The normalized spacial score (nSPS) is 12.1. The molecular weight excluding hydrogens is 250 g/mol. The van der Waals surface area contributed by atoms with E-state index in [0.29, 0.717) is 0 Å². The van der Waals surface area contributed by atoms with Crippen molar-refractivity contribution < 1.29 is 17.4 Å². The van der Waals surface area contributed by atoms with Gasteiger partial charge in [-0.05, 0) is 23.6 Å². The van der Waals surface area contributed by atoms with E-state index < -0.39 is 10.1 Å². The topological polar surface area (TPSA) is 58.5 Å². The van der Waals surface area contributed by atoms with Crippen molar-refractivity contribution in [2.45, 2.75) is 4.90 Å². The van der Waals surface area contributed by atoms with Crippen molar-refractivity contribution in [1.29, 1.82) is 0 Å². The number of hydrogen-bond acceptors (Lipinski definition) is 2. The van der Waals surface area contributed by atoms with Gasteiger partial charge in [0.1, 0.15) is 0 Å². The fraction of sp³-hybridized carbons (Fsp3) is 0. The Bertz CT molecular complexity index is 856. The predicted molar refractivity (Wildman–Crippen MR) is 66.9 cm³/mol. The SMILES string of the molecule is O=S(=O)(O)c1ccc2cc3cccc[n+]3cc2c1. The highest BCUT2D eigenvalue weighted by Crippen LogP contribution is 2.18. The molecule has 2 heterocycles. The first-order chi connectivity index (χ1) is 8.54. The minimum Gasteiger partial charge on any atom is -0.282 e. The van der Waals surface area contributed by atoms with E-state index in [1.165, 1.54) is 12.1 Å². The third-order valence-corrected chi connectivity index (χ3v) is 3.71. The third kappa shape index (κ3) is 1.83. The third-order valence-electron chi connectivity index (χ3n) is 2.86. The van der Waals surface area contributed by atoms with Gasteiger partial charge in [0.05, 0.1) is 4.90 Å². The summed E-state index contributed by atoms with van der Waals surface area (Å²) in [5.41, 5.74) is 1.02. The van der Waals surface area contributed by atoms with Gasteiger partial charge in [-0.3, -0.25) is 4.55 Å². The number of nitrogens with zero attached hydrogens (tertiary/aromatic N) is 1. The smallest absolute Gasteiger partial charge is 0.282 e. The van der Waals surface area contributed by atoms with Crippen LogP contribution < -0.4 is 4.40 Å². The van der Waals surface area contributed by atoms with Crippen LogP contribution in [0.5, 0.6) is 0 Å². The van der Waals surface area contributed by atoms with Crippen molar-refractivity contribution in [3.8, 4) is 0 Å². The first kappa shape index (κ1) is 11.1. The molecule has 2 aromatic heterocycles. The molecular formula is C13H10NO3S+. The second-order valence-corrected chi connectivity index (χ2v) is 5.49. The monoisotopic (exact) mass is 260 g/mol. The molecule has 0 aliphatic rings. The maximum Gasteiger partial charge on any atom is 0.294 e. The summed E-state index contributed by atoms with van der Waals surface area (Å²) in [6.07, 6.45) is 3.72. The van der Waals surface area contributed by atoms with E-state index in [0.717, 1.165) is 16.3 Å². The van der Waals surface area contributed by atoms with E-state index in [1.807, 2.05) is 41.1 Å². The zero-order chi connectivity index (χ0) is 12.8. The van der Waals surface area contributed by atoms with E-state index in [-0.39, 0.29) is 4.90 Å². The summed E-state index contributed by atoms with van der Waals surface area (Å²) in [7, 11) is -4.16. The van der Waals surface area contributed by atoms with Gasteiger partial charge < -0.3 is 0 Å². The van der Waals surface area contributed by atoms with Gasteiger partial charge in [0.25, 0.3) is 10.1 Å². The van der Waals surface area contributed by atoms with Crippen LogP contribution in [0.4, 0.5) is 0 Å². The number of pyridine rings is 2. The van der Waals surface area contributed by atoms with Crippen molar-refractivity contribution in [3.63, 3.8) is 0 Å². The summed E-state index contributed by atoms with van der Waals surface area (Å²) in [5.74, 6) is 0. The average Bonchev–Trinajstić information content (AvgIpc) is 2.34. The van der Waals surface area contributed by atoms with Gasteiger partial charge in [-0.2, -0.15) is 12.8 Å². The van der Waals surface area contributed by atoms with Crippen LogP contribution >= 0.6 is 0 Å². The van der Waals surface area contributed by atoms with Crippen LogP contribution in [0.25, 0.3) is 16.3 Å². The van der Waals surface area contributed by atoms with Crippen LogP contribution in [-0.2, 0) is 10.1 Å². The molecule has 5 heteroatoms. The maximum atomic E-state index is 11.1. The van der Waals surface area contributed by atoms with E-state index in [1.54, 1.807) is 6.07 Å². The molecule has 90 valence electrons. The molecule has 0 saturated carbocycles. The van der Waals surface area contributed by atoms with Crippen molar-refractivity contribution in [1.82, 2.24) is 0 Å². The van der Waals surface area contributed by atoms with Crippen LogP contribution in [0.3, 0.4) is 0 Å². The summed E-state index contributed by atoms with van der Waals surface area (Å²) in [4.78, 5) is -0.0918. The minimum atomic E-state index is -4.16. The standard InChI is InChI=1S/C13H9NO3S/c15-18(16,17)13-5-4-10-7-12-3-1-2-6-14(12)9-11(10)8-13/h1-9H/p+1. The number of aromatic nitrogens is 1. The molecule has 0 aliphatic carbocycles. The lowest BCUT2D eigenvalue weighted by Gasteiger charge is -2.00. The van der Waals surface area contributed by atoms with Gasteiger partial charge in [-0.1, -0.05) is 6.07 Å². The van der Waals surface area contributed by atoms with Gasteiger partial charge in [0.2, 0.25) is 5.52 Å². The first-order valence-electron chi connectivity index (χ1n) is 5.35. The van der Waals surface area contributed by atoms with Crippen LogP contribution in [0.1, 0.15) is 0 Å². The Morgan fingerprint density at radius 2 is 1.83 bits per heavy atom. The number of rotatable bonds is 1. The maximum absolute atomic E-state index is 11.1. The molecule has 0 aliphatic heterocycles. The predicted octanol–water partition coefficient (Wildman–Crippen LogP) is 1.83. The highest BCUT2D eigenvalue weighted by molar-refractivity contribution is 7.85. The second kappa shape index (κ2) is 3.76. The zero-order valence-corrected chi connectivity index (χ0v) is 10.1. The van der Waals surface area contributed by atoms with Crippen molar-refractivity contribution in [2.75, 3.05) is 0 Å². The van der Waals surface area contributed by atoms with E-state index in [9.17, 15) is 8.42 Å². The summed E-state index contributed by atoms with van der Waals surface area (Å²) in [6.45, 7) is 0. The van der Waals surface area contributed by atoms with E-state index >= 15 is 0 Å². The highest BCUT2D eigenvalue weighted by Gasteiger charge is 2.11. The molecule has 0 saturated heterocycles. The molecule has 0 radical (unpaired) electrons. The largest absolute Gasteiger partial charge is 0.294 e. The Morgan fingerprint density at radius 3 is 2.61 bits per heavy atom. The molecule has 0 spiro atoms. The molecule has 4 nitrogen and oxygen atoms in total. The fourth-order valence-electron chi connectivity index (χ4n) is 1.97. The van der Waals surface area contributed by atoms with Crippen LogP contribution in [0, 0.1) is 0 Å². The number of benzene rings is 1. The minimum absolute atomic E-state index is 0.0918. The Kier molecular flexibility index (Phi) is 2.33. The van der Waals surface area contributed by atoms with Crippen LogP contribution in [-0.4, -0.2) is 13.0 Å². The lowest BCUT2D eigenvalue weighted by atomic mass is 10.1. The summed E-state index contributed by atoms with van der Waals surface area (Å²) in [5, 5.41) is 1.68. The Labute approximate surface area is 104 Å². The summed E-state index contributed by atoms with van der Waals surface area (Å²) in [6, 6.07) is 12.3. The molecule has 0 amide bonds. The Morgan fingerprint density at radius 1 is 1.00 bits per heavy atom. The van der Waals surface area contributed by atoms with Crippen LogP contribution in [0.15, 0.2) is 59.8 Å². The molecule has 0 bridgehead atoms. The zero-order valence-electron chi connectivity index (χ0n) is 9.32. The van der Waals surface area contributed by atoms with E-state index in [2.05, 4.69) is 0 Å². The van der Waals surface area contributed by atoms with Crippen LogP contribution in [0.2, 0.25) is 0 Å². The van der Waals surface area contributed by atoms with Gasteiger partial charge in [0.15, 0.2) is 12.4 Å². The lowest BCUT2D eigenvalue weighted by molar-refractivity contribution is -0.510. The van der Waals surface area contributed by atoms with Gasteiger partial charge in [-0.15, -0.1) is 0 Å². The first-order valence-corrected chi connectivity index (χ1v) is 6.79. The summed E-state index contributed by atoms with van der Waals surface area (Å²) >= 11 is 0. The molecule has 0 atom stereocenters. The average molecular weight is 260 g/mol. The molecule has 3 aromatic rings. The van der Waals surface area contributed by atoms with Gasteiger partial charge in [0, 0.05) is 23.6 Å². The van der Waals surface area contributed by atoms with Gasteiger partial charge in [-0.25, -0.2) is 0 Å². The van der Waals surface area contributed by atoms with Crippen molar-refractivity contribution in [3.05, 3.63) is 54.9 Å². The number of hydrogen-bond donors (Lipinski definition) is 1. The number of fused-ring (bicyclic) bond motifs is 2.